The van der Waals surface area contributed by atoms with Gasteiger partial charge in [-0.1, -0.05) is 183 Å². The largest absolute Gasteiger partial charge is 0.479 e. The van der Waals surface area contributed by atoms with Crippen LogP contribution in [0.4, 0.5) is 0 Å². The van der Waals surface area contributed by atoms with Crippen molar-refractivity contribution >= 4 is 23.9 Å². The summed E-state index contributed by atoms with van der Waals surface area (Å²) in [5, 5.41) is 31.4. The van der Waals surface area contributed by atoms with E-state index in [-0.39, 0.29) is 25.9 Å². The highest BCUT2D eigenvalue weighted by Gasteiger charge is 2.50. The zero-order valence-electron chi connectivity index (χ0n) is 45.6. The van der Waals surface area contributed by atoms with Crippen LogP contribution in [0.15, 0.2) is 85.1 Å². The number of carbonyl (C=O) groups is 4. The van der Waals surface area contributed by atoms with Gasteiger partial charge in [-0.25, -0.2) is 4.79 Å². The summed E-state index contributed by atoms with van der Waals surface area (Å²) in [4.78, 5) is 51.0. The SMILES string of the molecule is CC/C=C\C/C=C\C/C=C\CCCCCC(=O)OC(COC(=O)CCCCCCCCC/C=C\C/C=C\CCCCC)COC1OC(C(=O)O)C(O)C(O)C1OC(=O)CCCCCCC/C=C\C/C=C\CCC. The number of allylic oxidation sites excluding steroid dienone is 14. The normalized spacial score (nSPS) is 18.9. The molecule has 0 spiro atoms. The highest BCUT2D eigenvalue weighted by atomic mass is 16.7. The second-order valence-electron chi connectivity index (χ2n) is 19.2. The van der Waals surface area contributed by atoms with Gasteiger partial charge < -0.3 is 39.0 Å². The summed E-state index contributed by atoms with van der Waals surface area (Å²) in [6.07, 6.45) is 49.9. The number of rotatable bonds is 47. The molecule has 12 nitrogen and oxygen atoms in total. The first-order valence-electron chi connectivity index (χ1n) is 28.6. The molecule has 6 atom stereocenters. The number of aliphatic carboxylic acids is 1. The Morgan fingerprint density at radius 1 is 0.466 bits per heavy atom. The van der Waals surface area contributed by atoms with Crippen LogP contribution in [0, 0.1) is 0 Å². The van der Waals surface area contributed by atoms with Gasteiger partial charge in [-0.15, -0.1) is 0 Å². The Morgan fingerprint density at radius 3 is 1.38 bits per heavy atom. The third-order valence-corrected chi connectivity index (χ3v) is 12.4. The molecule has 1 heterocycles. The molecule has 73 heavy (non-hydrogen) atoms. The number of ether oxygens (including phenoxy) is 5. The maximum Gasteiger partial charge on any atom is 0.335 e. The summed E-state index contributed by atoms with van der Waals surface area (Å²) in [7, 11) is 0. The fraction of sp³-hybridized carbons (Fsp3) is 0.705. The molecule has 0 aromatic heterocycles. The third kappa shape index (κ3) is 39.0. The van der Waals surface area contributed by atoms with Crippen molar-refractivity contribution in [1.82, 2.24) is 0 Å². The highest BCUT2D eigenvalue weighted by Crippen LogP contribution is 2.26. The summed E-state index contributed by atoms with van der Waals surface area (Å²) in [6.45, 7) is 5.73. The molecule has 3 N–H and O–H groups in total. The first kappa shape index (κ1) is 66.9. The summed E-state index contributed by atoms with van der Waals surface area (Å²) in [6, 6.07) is 0. The van der Waals surface area contributed by atoms with E-state index in [4.69, 9.17) is 23.7 Å². The van der Waals surface area contributed by atoms with E-state index in [2.05, 4.69) is 106 Å². The molecule has 12 heteroatoms. The molecule has 1 aliphatic rings. The van der Waals surface area contributed by atoms with Crippen LogP contribution in [0.5, 0.6) is 0 Å². The number of hydrogen-bond acceptors (Lipinski definition) is 11. The van der Waals surface area contributed by atoms with Gasteiger partial charge in [-0.2, -0.15) is 0 Å². The number of carbonyl (C=O) groups excluding carboxylic acids is 3. The van der Waals surface area contributed by atoms with Crippen LogP contribution in [0.1, 0.15) is 226 Å². The average Bonchev–Trinajstić information content (AvgIpc) is 3.37. The Balaban J connectivity index is 2.73. The van der Waals surface area contributed by atoms with Gasteiger partial charge >= 0.3 is 23.9 Å². The van der Waals surface area contributed by atoms with Crippen LogP contribution >= 0.6 is 0 Å². The fourth-order valence-electron chi connectivity index (χ4n) is 8.04. The van der Waals surface area contributed by atoms with Crippen molar-refractivity contribution in [3.63, 3.8) is 0 Å². The predicted octanol–water partition coefficient (Wildman–Crippen LogP) is 14.3. The smallest absolute Gasteiger partial charge is 0.335 e. The summed E-state index contributed by atoms with van der Waals surface area (Å²) < 4.78 is 28.3. The molecule has 1 saturated heterocycles. The lowest BCUT2D eigenvalue weighted by Crippen LogP contribution is -2.61. The van der Waals surface area contributed by atoms with Gasteiger partial charge in [0.2, 0.25) is 0 Å². The molecule has 1 aliphatic heterocycles. The number of unbranched alkanes of at least 4 members (excludes halogenated alkanes) is 19. The van der Waals surface area contributed by atoms with E-state index in [1.807, 2.05) is 0 Å². The molecule has 0 aliphatic carbocycles. The van der Waals surface area contributed by atoms with E-state index >= 15 is 0 Å². The van der Waals surface area contributed by atoms with Gasteiger partial charge in [0.05, 0.1) is 6.61 Å². The Hall–Kier alpha value is -4.10. The number of carboxylic acids is 1. The van der Waals surface area contributed by atoms with Crippen molar-refractivity contribution in [2.45, 2.75) is 263 Å². The fourth-order valence-corrected chi connectivity index (χ4v) is 8.04. The average molecular weight is 1030 g/mol. The minimum Gasteiger partial charge on any atom is -0.479 e. The molecule has 1 fully saturated rings. The van der Waals surface area contributed by atoms with Crippen molar-refractivity contribution in [3.8, 4) is 0 Å². The molecule has 0 saturated carbocycles. The maximum absolute atomic E-state index is 13.1. The van der Waals surface area contributed by atoms with Crippen molar-refractivity contribution in [2.24, 2.45) is 0 Å². The van der Waals surface area contributed by atoms with Crippen LogP contribution in [0.25, 0.3) is 0 Å². The van der Waals surface area contributed by atoms with E-state index < -0.39 is 67.3 Å². The molecular formula is C61H100O12. The highest BCUT2D eigenvalue weighted by molar-refractivity contribution is 5.74. The molecule has 1 rings (SSSR count). The van der Waals surface area contributed by atoms with Gasteiger partial charge in [0.1, 0.15) is 18.8 Å². The van der Waals surface area contributed by atoms with Crippen LogP contribution in [0.3, 0.4) is 0 Å². The standard InChI is InChI=1S/C61H100O12/c1-4-7-10-13-16-19-22-25-26-27-28-31-32-35-38-41-44-47-53(62)69-50-52(71-54(63)48-45-42-39-36-33-29-23-20-17-14-11-8-5-2)51-70-61-59(57(66)56(65)58(73-61)60(67)68)72-55(64)49-46-43-40-37-34-30-24-21-18-15-12-9-6-3/h8,11-12,15-17,19-21,24-26,29,33,52,56-59,61,65-66H,4-7,9-10,13-14,18,22-23,27-28,30-32,34-51H2,1-3H3,(H,67,68)/b11-8-,15-12-,19-16-,20-17-,24-21-,26-25-,33-29-. The maximum atomic E-state index is 13.1. The van der Waals surface area contributed by atoms with E-state index in [1.165, 1.54) is 38.5 Å². The number of aliphatic hydroxyl groups excluding tert-OH is 2. The lowest BCUT2D eigenvalue weighted by Gasteiger charge is -2.40. The molecule has 6 unspecified atom stereocenters. The first-order valence-corrected chi connectivity index (χ1v) is 28.6. The van der Waals surface area contributed by atoms with Crippen LogP contribution < -0.4 is 0 Å². The van der Waals surface area contributed by atoms with Gasteiger partial charge in [-0.3, -0.25) is 14.4 Å². The topological polar surface area (TPSA) is 175 Å². The molecular weight excluding hydrogens is 925 g/mol. The van der Waals surface area contributed by atoms with Crippen LogP contribution in [-0.4, -0.2) is 89.2 Å². The van der Waals surface area contributed by atoms with E-state index in [0.29, 0.717) is 19.3 Å². The molecule has 0 radical (unpaired) electrons. The summed E-state index contributed by atoms with van der Waals surface area (Å²) in [5.41, 5.74) is 0. The third-order valence-electron chi connectivity index (χ3n) is 12.4. The quantitative estimate of drug-likeness (QED) is 0.0228. The number of esters is 3. The van der Waals surface area contributed by atoms with Crippen molar-refractivity contribution in [3.05, 3.63) is 85.1 Å². The van der Waals surface area contributed by atoms with Crippen molar-refractivity contribution in [2.75, 3.05) is 13.2 Å². The Morgan fingerprint density at radius 2 is 0.890 bits per heavy atom. The number of carboxylic acid groups (broad SMARTS) is 1. The summed E-state index contributed by atoms with van der Waals surface area (Å²) >= 11 is 0. The zero-order chi connectivity index (χ0) is 53.3. The van der Waals surface area contributed by atoms with Crippen LogP contribution in [-0.2, 0) is 42.9 Å². The Kier molecular flexibility index (Phi) is 44.7. The lowest BCUT2D eigenvalue weighted by atomic mass is 9.98. The van der Waals surface area contributed by atoms with Crippen molar-refractivity contribution in [1.29, 1.82) is 0 Å². The number of hydrogen-bond donors (Lipinski definition) is 3. The molecule has 0 bridgehead atoms. The second-order valence-corrected chi connectivity index (χ2v) is 19.2. The van der Waals surface area contributed by atoms with Gasteiger partial charge in [0, 0.05) is 19.3 Å². The lowest BCUT2D eigenvalue weighted by molar-refractivity contribution is -0.301. The second kappa shape index (κ2) is 48.8. The Bertz CT molecular complexity index is 1590. The van der Waals surface area contributed by atoms with Gasteiger partial charge in [0.25, 0.3) is 0 Å². The van der Waals surface area contributed by atoms with Crippen molar-refractivity contribution < 1.29 is 58.2 Å². The summed E-state index contributed by atoms with van der Waals surface area (Å²) in [5.74, 6) is -3.19. The van der Waals surface area contributed by atoms with Crippen LogP contribution in [0.2, 0.25) is 0 Å². The minimum atomic E-state index is -1.92. The van der Waals surface area contributed by atoms with Gasteiger partial charge in [0.15, 0.2) is 24.6 Å². The monoisotopic (exact) mass is 1020 g/mol. The van der Waals surface area contributed by atoms with E-state index in [1.54, 1.807) is 0 Å². The predicted molar refractivity (Wildman–Crippen MR) is 294 cm³/mol. The number of aliphatic hydroxyl groups is 2. The molecule has 416 valence electrons. The molecule has 0 amide bonds. The van der Waals surface area contributed by atoms with E-state index in [9.17, 15) is 34.5 Å². The van der Waals surface area contributed by atoms with E-state index in [0.717, 1.165) is 128 Å². The van der Waals surface area contributed by atoms with Gasteiger partial charge in [-0.05, 0) is 109 Å². The molecule has 0 aromatic carbocycles. The Labute approximate surface area is 441 Å². The molecule has 0 aromatic rings. The first-order chi connectivity index (χ1) is 35.6. The zero-order valence-corrected chi connectivity index (χ0v) is 45.6. The minimum absolute atomic E-state index is 0.0367.